The van der Waals surface area contributed by atoms with Crippen molar-refractivity contribution in [1.29, 1.82) is 0 Å². The highest BCUT2D eigenvalue weighted by molar-refractivity contribution is 7.61. The average molecular weight is 331 g/mol. The van der Waals surface area contributed by atoms with Crippen molar-refractivity contribution in [3.8, 4) is 0 Å². The van der Waals surface area contributed by atoms with Gasteiger partial charge in [0.2, 0.25) is 0 Å². The summed E-state index contributed by atoms with van der Waals surface area (Å²) in [6.07, 6.45) is 1.91. The lowest BCUT2D eigenvalue weighted by Crippen LogP contribution is -2.20. The van der Waals surface area contributed by atoms with Gasteiger partial charge < -0.3 is 5.11 Å². The molecule has 0 radical (unpaired) electrons. The minimum Gasteiger partial charge on any atom is -0.480 e. The van der Waals surface area contributed by atoms with E-state index in [-0.39, 0.29) is 6.42 Å². The van der Waals surface area contributed by atoms with E-state index in [1.807, 2.05) is 36.4 Å². The third-order valence-corrected chi connectivity index (χ3v) is 3.23. The molecule has 1 atom stereocenters. The van der Waals surface area contributed by atoms with Crippen molar-refractivity contribution in [3.63, 3.8) is 0 Å². The zero-order valence-corrected chi connectivity index (χ0v) is 13.2. The molecule has 2 rings (SSSR count). The molecule has 120 valence electrons. The van der Waals surface area contributed by atoms with Crippen LogP contribution < -0.4 is 0 Å². The quantitative estimate of drug-likeness (QED) is 0.912. The summed E-state index contributed by atoms with van der Waals surface area (Å²) in [4.78, 5) is 10.7. The van der Waals surface area contributed by atoms with Crippen LogP contribution in [0.25, 0.3) is 6.08 Å². The zero-order valence-electron chi connectivity index (χ0n) is 12.4. The van der Waals surface area contributed by atoms with Crippen LogP contribution in [-0.4, -0.2) is 25.5 Å². The van der Waals surface area contributed by atoms with Gasteiger partial charge in [0.15, 0.2) is 6.04 Å². The number of hydrogen-bond donors (Lipinski definition) is 1. The lowest BCUT2D eigenvalue weighted by molar-refractivity contribution is -0.138. The van der Waals surface area contributed by atoms with E-state index in [9.17, 15) is 13.2 Å². The Morgan fingerprint density at radius 3 is 2.00 bits per heavy atom. The Kier molecular flexibility index (Phi) is 8.02. The first kappa shape index (κ1) is 18.3. The van der Waals surface area contributed by atoms with E-state index in [2.05, 4.69) is 10.9 Å². The summed E-state index contributed by atoms with van der Waals surface area (Å²) in [6, 6.07) is 17.5. The van der Waals surface area contributed by atoms with Gasteiger partial charge in [-0.3, -0.25) is 0 Å². The fraction of sp³-hybridized carbons (Fsp3) is 0.118. The second-order valence-electron chi connectivity index (χ2n) is 4.48. The van der Waals surface area contributed by atoms with Gasteiger partial charge >= 0.3 is 16.5 Å². The maximum Gasteiger partial charge on any atom is 0.330 e. The van der Waals surface area contributed by atoms with Crippen LogP contribution in [-0.2, 0) is 21.7 Å². The molecule has 1 unspecified atom stereocenters. The summed E-state index contributed by atoms with van der Waals surface area (Å²) >= 11 is 0. The lowest BCUT2D eigenvalue weighted by Gasteiger charge is -2.04. The zero-order chi connectivity index (χ0) is 17.1. The summed E-state index contributed by atoms with van der Waals surface area (Å²) in [7, 11) is -2.70. The first-order chi connectivity index (χ1) is 11.0. The molecular weight excluding hydrogens is 314 g/mol. The second-order valence-corrected chi connectivity index (χ2v) is 5.13. The summed E-state index contributed by atoms with van der Waals surface area (Å²) in [5.41, 5.74) is 1.91. The number of rotatable bonds is 5. The first-order valence-electron chi connectivity index (χ1n) is 6.77. The molecule has 1 N–H and O–H groups in total. The first-order valence-corrected chi connectivity index (χ1v) is 7.80. The van der Waals surface area contributed by atoms with E-state index >= 15 is 0 Å². The molecule has 5 nitrogen and oxygen atoms in total. The fourth-order valence-electron chi connectivity index (χ4n) is 1.70. The van der Waals surface area contributed by atoms with Crippen LogP contribution >= 0.6 is 0 Å². The molecule has 0 aromatic heterocycles. The van der Waals surface area contributed by atoms with Crippen LogP contribution in [0.5, 0.6) is 0 Å². The molecule has 0 aliphatic carbocycles. The molecule has 0 aliphatic heterocycles. The Morgan fingerprint density at radius 1 is 1.09 bits per heavy atom. The minimum absolute atomic E-state index is 0.0736. The molecule has 0 heterocycles. The van der Waals surface area contributed by atoms with Gasteiger partial charge in [0.1, 0.15) is 0 Å². The van der Waals surface area contributed by atoms with Crippen LogP contribution in [0.2, 0.25) is 0 Å². The van der Waals surface area contributed by atoms with Crippen LogP contribution in [0.4, 0.5) is 0 Å². The van der Waals surface area contributed by atoms with Gasteiger partial charge in [-0.25, -0.2) is 4.79 Å². The molecule has 0 amide bonds. The standard InChI is InChI=1S/C9H9NO4S.C8H8/c11-9(12)8(10-15(13)14)6-7-4-2-1-3-5-7;1-2-8-6-4-3-5-7-8/h1-5,8H,6H2,(H,11,12);2-7H,1H2. The van der Waals surface area contributed by atoms with Crippen LogP contribution in [0, 0.1) is 0 Å². The average Bonchev–Trinajstić information content (AvgIpc) is 2.56. The summed E-state index contributed by atoms with van der Waals surface area (Å²) < 4.78 is 23.6. The number of carboxylic acids is 1. The summed E-state index contributed by atoms with van der Waals surface area (Å²) in [5, 5.41) is 8.72. The van der Waals surface area contributed by atoms with Crippen LogP contribution in [0.3, 0.4) is 0 Å². The van der Waals surface area contributed by atoms with Crippen molar-refractivity contribution in [2.45, 2.75) is 12.5 Å². The number of hydrogen-bond acceptors (Lipinski definition) is 4. The minimum atomic E-state index is -2.70. The molecule has 0 spiro atoms. The highest BCUT2D eigenvalue weighted by Crippen LogP contribution is 2.06. The third-order valence-electron chi connectivity index (χ3n) is 2.81. The Morgan fingerprint density at radius 2 is 1.61 bits per heavy atom. The molecule has 2 aromatic carbocycles. The van der Waals surface area contributed by atoms with Gasteiger partial charge in [0.05, 0.1) is 0 Å². The molecule has 0 saturated heterocycles. The maximum absolute atomic E-state index is 10.7. The molecule has 2 aromatic rings. The Balaban J connectivity index is 0.000000277. The van der Waals surface area contributed by atoms with Crippen molar-refractivity contribution in [1.82, 2.24) is 0 Å². The van der Waals surface area contributed by atoms with E-state index in [0.29, 0.717) is 0 Å². The normalized spacial score (nSPS) is 10.6. The number of carbonyl (C=O) groups is 1. The van der Waals surface area contributed by atoms with Gasteiger partial charge in [0.25, 0.3) is 0 Å². The van der Waals surface area contributed by atoms with Crippen LogP contribution in [0.1, 0.15) is 11.1 Å². The predicted octanol–water partition coefficient (Wildman–Crippen LogP) is 3.07. The second kappa shape index (κ2) is 10.1. The number of nitrogens with zero attached hydrogens (tertiary/aromatic N) is 1. The van der Waals surface area contributed by atoms with Gasteiger partial charge in [0, 0.05) is 6.42 Å². The molecule has 23 heavy (non-hydrogen) atoms. The Hall–Kier alpha value is -2.73. The largest absolute Gasteiger partial charge is 0.480 e. The van der Waals surface area contributed by atoms with Crippen molar-refractivity contribution in [2.24, 2.45) is 4.36 Å². The highest BCUT2D eigenvalue weighted by atomic mass is 32.2. The lowest BCUT2D eigenvalue weighted by atomic mass is 10.1. The maximum atomic E-state index is 10.7. The molecule has 0 saturated carbocycles. The number of benzene rings is 2. The SMILES string of the molecule is C=Cc1ccccc1.O=C(O)C(Cc1ccccc1)N=S(=O)=O. The van der Waals surface area contributed by atoms with Gasteiger partial charge in [-0.05, 0) is 11.1 Å². The Labute approximate surface area is 136 Å². The molecule has 0 bridgehead atoms. The highest BCUT2D eigenvalue weighted by Gasteiger charge is 2.17. The van der Waals surface area contributed by atoms with Gasteiger partial charge in [-0.2, -0.15) is 12.8 Å². The fourth-order valence-corrected chi connectivity index (χ4v) is 2.07. The molecule has 6 heteroatoms. The molecule has 0 aliphatic rings. The third kappa shape index (κ3) is 7.73. The van der Waals surface area contributed by atoms with Crippen molar-refractivity contribution in [3.05, 3.63) is 78.4 Å². The predicted molar refractivity (Wildman–Crippen MR) is 89.5 cm³/mol. The van der Waals surface area contributed by atoms with E-state index < -0.39 is 22.5 Å². The van der Waals surface area contributed by atoms with Gasteiger partial charge in [-0.1, -0.05) is 73.3 Å². The van der Waals surface area contributed by atoms with Crippen molar-refractivity contribution < 1.29 is 18.3 Å². The summed E-state index contributed by atoms with van der Waals surface area (Å²) in [5.74, 6) is -1.25. The monoisotopic (exact) mass is 331 g/mol. The Bertz CT molecular complexity index is 748. The van der Waals surface area contributed by atoms with E-state index in [1.54, 1.807) is 30.3 Å². The van der Waals surface area contributed by atoms with Gasteiger partial charge in [-0.15, -0.1) is 0 Å². The number of carboxylic acid groups (broad SMARTS) is 1. The van der Waals surface area contributed by atoms with E-state index in [4.69, 9.17) is 5.11 Å². The number of aliphatic carboxylic acids is 1. The topological polar surface area (TPSA) is 83.8 Å². The van der Waals surface area contributed by atoms with Crippen molar-refractivity contribution >= 4 is 22.5 Å². The van der Waals surface area contributed by atoms with Crippen LogP contribution in [0.15, 0.2) is 71.6 Å². The van der Waals surface area contributed by atoms with Crippen molar-refractivity contribution in [2.75, 3.05) is 0 Å². The van der Waals surface area contributed by atoms with E-state index in [0.717, 1.165) is 5.56 Å². The molecular formula is C17H17NO4S. The summed E-state index contributed by atoms with van der Waals surface area (Å²) in [6.45, 7) is 3.63. The molecule has 0 fully saturated rings. The smallest absolute Gasteiger partial charge is 0.330 e. The van der Waals surface area contributed by atoms with E-state index in [1.165, 1.54) is 5.56 Å².